The Morgan fingerprint density at radius 2 is 1.71 bits per heavy atom. The van der Waals surface area contributed by atoms with E-state index in [0.717, 1.165) is 17.1 Å². The van der Waals surface area contributed by atoms with Crippen molar-refractivity contribution in [3.8, 4) is 0 Å². The molecular weight excluding hydrogens is 259 g/mol. The topological polar surface area (TPSA) is 53.4 Å². The lowest BCUT2D eigenvalue weighted by molar-refractivity contribution is 1.02. The number of aryl methyl sites for hydroxylation is 2. The highest BCUT2D eigenvalue weighted by Crippen LogP contribution is 2.27. The summed E-state index contributed by atoms with van der Waals surface area (Å²) >= 11 is 11.7. The summed E-state index contributed by atoms with van der Waals surface area (Å²) in [4.78, 5) is 0. The van der Waals surface area contributed by atoms with Crippen LogP contribution in [0.5, 0.6) is 0 Å². The van der Waals surface area contributed by atoms with Crippen molar-refractivity contribution in [2.45, 2.75) is 13.8 Å². The summed E-state index contributed by atoms with van der Waals surface area (Å²) in [6.45, 7) is 3.75. The van der Waals surface area contributed by atoms with Gasteiger partial charge in [-0.1, -0.05) is 23.2 Å². The number of benzene rings is 1. The lowest BCUT2D eigenvalue weighted by Gasteiger charge is -1.96. The number of hydrogen-bond donors (Lipinski definition) is 1. The number of aromatic amines is 1. The van der Waals surface area contributed by atoms with Crippen molar-refractivity contribution >= 4 is 34.6 Å². The number of azo groups is 1. The van der Waals surface area contributed by atoms with Crippen molar-refractivity contribution in [2.75, 3.05) is 0 Å². The second-order valence-electron chi connectivity index (χ2n) is 3.61. The molecule has 2 rings (SSSR count). The standard InChI is InChI=1S/C11H10Cl2N4/c1-6-11(7(2)15-14-6)17-16-10-4-8(12)3-9(13)5-10/h3-5H,1-2H3,(H,14,15). The molecule has 0 aliphatic carbocycles. The van der Waals surface area contributed by atoms with Gasteiger partial charge in [0.05, 0.1) is 17.1 Å². The first-order valence-electron chi connectivity index (χ1n) is 4.95. The fourth-order valence-electron chi connectivity index (χ4n) is 1.40. The second kappa shape index (κ2) is 4.85. The highest BCUT2D eigenvalue weighted by molar-refractivity contribution is 6.35. The average molecular weight is 269 g/mol. The highest BCUT2D eigenvalue weighted by Gasteiger charge is 2.04. The van der Waals surface area contributed by atoms with Gasteiger partial charge in [0.2, 0.25) is 0 Å². The van der Waals surface area contributed by atoms with Gasteiger partial charge in [0.1, 0.15) is 5.69 Å². The number of rotatable bonds is 2. The summed E-state index contributed by atoms with van der Waals surface area (Å²) in [6.07, 6.45) is 0. The quantitative estimate of drug-likeness (QED) is 0.786. The van der Waals surface area contributed by atoms with Crippen LogP contribution < -0.4 is 0 Å². The summed E-state index contributed by atoms with van der Waals surface area (Å²) < 4.78 is 0. The Labute approximate surface area is 109 Å². The van der Waals surface area contributed by atoms with E-state index in [9.17, 15) is 0 Å². The van der Waals surface area contributed by atoms with E-state index < -0.39 is 0 Å². The maximum Gasteiger partial charge on any atom is 0.129 e. The third kappa shape index (κ3) is 2.84. The first-order chi connectivity index (χ1) is 8.06. The molecular formula is C11H10Cl2N4. The summed E-state index contributed by atoms with van der Waals surface area (Å²) in [5.74, 6) is 0. The highest BCUT2D eigenvalue weighted by atomic mass is 35.5. The minimum Gasteiger partial charge on any atom is -0.280 e. The molecule has 88 valence electrons. The number of nitrogens with zero attached hydrogens (tertiary/aromatic N) is 3. The Balaban J connectivity index is 2.32. The second-order valence-corrected chi connectivity index (χ2v) is 4.48. The molecule has 1 aromatic heterocycles. The first-order valence-corrected chi connectivity index (χ1v) is 5.71. The van der Waals surface area contributed by atoms with Crippen LogP contribution >= 0.6 is 23.2 Å². The van der Waals surface area contributed by atoms with Crippen LogP contribution in [-0.2, 0) is 0 Å². The number of halogens is 2. The van der Waals surface area contributed by atoms with E-state index in [1.54, 1.807) is 18.2 Å². The molecule has 0 unspecified atom stereocenters. The SMILES string of the molecule is Cc1n[nH]c(C)c1N=Nc1cc(Cl)cc(Cl)c1. The zero-order valence-corrected chi connectivity index (χ0v) is 10.8. The van der Waals surface area contributed by atoms with Gasteiger partial charge in [-0.3, -0.25) is 5.10 Å². The molecule has 1 heterocycles. The Morgan fingerprint density at radius 3 is 2.24 bits per heavy atom. The van der Waals surface area contributed by atoms with Crippen molar-refractivity contribution < 1.29 is 0 Å². The molecule has 0 aliphatic heterocycles. The van der Waals surface area contributed by atoms with Crippen LogP contribution in [0.25, 0.3) is 0 Å². The Morgan fingerprint density at radius 1 is 1.06 bits per heavy atom. The van der Waals surface area contributed by atoms with Crippen molar-refractivity contribution in [2.24, 2.45) is 10.2 Å². The number of hydrogen-bond acceptors (Lipinski definition) is 3. The lowest BCUT2D eigenvalue weighted by Crippen LogP contribution is -1.70. The molecule has 6 heteroatoms. The smallest absolute Gasteiger partial charge is 0.129 e. The van der Waals surface area contributed by atoms with E-state index >= 15 is 0 Å². The van der Waals surface area contributed by atoms with Gasteiger partial charge >= 0.3 is 0 Å². The molecule has 0 fully saturated rings. The molecule has 4 nitrogen and oxygen atoms in total. The zero-order chi connectivity index (χ0) is 12.4. The van der Waals surface area contributed by atoms with E-state index in [1.165, 1.54) is 0 Å². The molecule has 0 spiro atoms. The van der Waals surface area contributed by atoms with E-state index in [-0.39, 0.29) is 0 Å². The van der Waals surface area contributed by atoms with Crippen LogP contribution in [0.4, 0.5) is 11.4 Å². The largest absolute Gasteiger partial charge is 0.280 e. The van der Waals surface area contributed by atoms with Gasteiger partial charge in [-0.2, -0.15) is 10.2 Å². The van der Waals surface area contributed by atoms with Crippen LogP contribution in [0.15, 0.2) is 28.4 Å². The van der Waals surface area contributed by atoms with Crippen molar-refractivity contribution in [1.29, 1.82) is 0 Å². The van der Waals surface area contributed by atoms with Gasteiger partial charge < -0.3 is 0 Å². The van der Waals surface area contributed by atoms with E-state index in [4.69, 9.17) is 23.2 Å². The number of H-pyrrole nitrogens is 1. The first kappa shape index (κ1) is 12.1. The Bertz CT molecular complexity index is 535. The normalized spacial score (nSPS) is 11.3. The van der Waals surface area contributed by atoms with Crippen LogP contribution in [0.1, 0.15) is 11.4 Å². The van der Waals surface area contributed by atoms with Gasteiger partial charge in [-0.05, 0) is 32.0 Å². The molecule has 1 N–H and O–H groups in total. The van der Waals surface area contributed by atoms with Gasteiger partial charge in [0.25, 0.3) is 0 Å². The molecule has 17 heavy (non-hydrogen) atoms. The molecule has 0 amide bonds. The van der Waals surface area contributed by atoms with E-state index in [1.807, 2.05) is 13.8 Å². The molecule has 2 aromatic rings. The fourth-order valence-corrected chi connectivity index (χ4v) is 1.91. The van der Waals surface area contributed by atoms with Crippen LogP contribution in [0, 0.1) is 13.8 Å². The van der Waals surface area contributed by atoms with Crippen LogP contribution in [0.2, 0.25) is 10.0 Å². The van der Waals surface area contributed by atoms with E-state index in [2.05, 4.69) is 20.4 Å². The molecule has 0 atom stereocenters. The summed E-state index contributed by atoms with van der Waals surface area (Å²) in [5.41, 5.74) is 3.03. The average Bonchev–Trinajstić information content (AvgIpc) is 2.55. The third-order valence-corrected chi connectivity index (χ3v) is 2.64. The van der Waals surface area contributed by atoms with E-state index in [0.29, 0.717) is 15.7 Å². The zero-order valence-electron chi connectivity index (χ0n) is 9.33. The van der Waals surface area contributed by atoms with Crippen LogP contribution in [-0.4, -0.2) is 10.2 Å². The number of nitrogens with one attached hydrogen (secondary N) is 1. The predicted molar refractivity (Wildman–Crippen MR) is 68.7 cm³/mol. The monoisotopic (exact) mass is 268 g/mol. The molecule has 0 radical (unpaired) electrons. The van der Waals surface area contributed by atoms with Crippen molar-refractivity contribution in [1.82, 2.24) is 10.2 Å². The molecule has 0 bridgehead atoms. The summed E-state index contributed by atoms with van der Waals surface area (Å²) in [7, 11) is 0. The predicted octanol–water partition coefficient (Wildman–Crippen LogP) is 4.75. The maximum atomic E-state index is 5.87. The molecule has 1 aromatic carbocycles. The Hall–Kier alpha value is -1.39. The van der Waals surface area contributed by atoms with Gasteiger partial charge in [0, 0.05) is 10.0 Å². The number of aromatic nitrogens is 2. The van der Waals surface area contributed by atoms with Gasteiger partial charge in [0.15, 0.2) is 0 Å². The Kier molecular flexibility index (Phi) is 3.45. The van der Waals surface area contributed by atoms with Crippen molar-refractivity contribution in [3.05, 3.63) is 39.6 Å². The summed E-state index contributed by atoms with van der Waals surface area (Å²) in [5, 5.41) is 16.2. The van der Waals surface area contributed by atoms with Gasteiger partial charge in [-0.25, -0.2) is 0 Å². The van der Waals surface area contributed by atoms with Gasteiger partial charge in [-0.15, -0.1) is 5.11 Å². The molecule has 0 saturated carbocycles. The molecule has 0 aliphatic rings. The van der Waals surface area contributed by atoms with Crippen LogP contribution in [0.3, 0.4) is 0 Å². The minimum absolute atomic E-state index is 0.534. The third-order valence-electron chi connectivity index (χ3n) is 2.20. The fraction of sp³-hybridized carbons (Fsp3) is 0.182. The van der Waals surface area contributed by atoms with Crippen molar-refractivity contribution in [3.63, 3.8) is 0 Å². The maximum absolute atomic E-state index is 5.87. The lowest BCUT2D eigenvalue weighted by atomic mass is 10.3. The molecule has 0 saturated heterocycles. The minimum atomic E-state index is 0.534. The summed E-state index contributed by atoms with van der Waals surface area (Å²) in [6, 6.07) is 5.04.